The number of carbonyl (C=O) groups excluding carboxylic acids is 2. The fourth-order valence-corrected chi connectivity index (χ4v) is 4.87. The molecule has 4 aromatic rings. The monoisotopic (exact) mass is 522 g/mol. The summed E-state index contributed by atoms with van der Waals surface area (Å²) in [5.74, 6) is -3.72. The van der Waals surface area contributed by atoms with Gasteiger partial charge in [-0.25, -0.2) is 8.78 Å². The summed E-state index contributed by atoms with van der Waals surface area (Å²) in [4.78, 5) is 26.6. The van der Waals surface area contributed by atoms with Gasteiger partial charge in [-0.3, -0.25) is 9.59 Å². The summed E-state index contributed by atoms with van der Waals surface area (Å²) < 4.78 is 32.5. The van der Waals surface area contributed by atoms with Crippen LogP contribution in [-0.4, -0.2) is 11.6 Å². The van der Waals surface area contributed by atoms with E-state index in [0.717, 1.165) is 0 Å². The van der Waals surface area contributed by atoms with Gasteiger partial charge in [0.15, 0.2) is 23.2 Å². The smallest absolute Gasteiger partial charge is 0.197 e. The van der Waals surface area contributed by atoms with E-state index in [2.05, 4.69) is 10.6 Å². The van der Waals surface area contributed by atoms with Crippen molar-refractivity contribution in [3.05, 3.63) is 116 Å². The number of ketones is 2. The van der Waals surface area contributed by atoms with Gasteiger partial charge in [0.05, 0.1) is 32.5 Å². The van der Waals surface area contributed by atoms with Crippen LogP contribution in [0, 0.1) is 25.5 Å². The molecule has 36 heavy (non-hydrogen) atoms. The molecule has 0 unspecified atom stereocenters. The lowest BCUT2D eigenvalue weighted by Gasteiger charge is -2.25. The topological polar surface area (TPSA) is 58.2 Å². The van der Waals surface area contributed by atoms with E-state index in [1.54, 1.807) is 62.4 Å². The number of aryl methyl sites for hydroxylation is 2. The van der Waals surface area contributed by atoms with E-state index in [4.69, 9.17) is 23.2 Å². The second-order valence-corrected chi connectivity index (χ2v) is 9.26. The third-order valence-electron chi connectivity index (χ3n) is 6.19. The van der Waals surface area contributed by atoms with Crippen molar-refractivity contribution < 1.29 is 18.4 Å². The minimum atomic E-state index is -1.08. The summed E-state index contributed by atoms with van der Waals surface area (Å²) >= 11 is 12.7. The van der Waals surface area contributed by atoms with Crippen LogP contribution in [0.25, 0.3) is 0 Å². The molecule has 0 spiro atoms. The van der Waals surface area contributed by atoms with Gasteiger partial charge in [0.1, 0.15) is 11.4 Å². The number of nitrogens with one attached hydrogen (secondary N) is 2. The normalized spacial score (nSPS) is 12.3. The van der Waals surface area contributed by atoms with Crippen LogP contribution in [0.4, 0.5) is 31.5 Å². The third-order valence-corrected chi connectivity index (χ3v) is 6.82. The van der Waals surface area contributed by atoms with E-state index in [1.165, 1.54) is 12.1 Å². The Bertz CT molecular complexity index is 1440. The van der Waals surface area contributed by atoms with E-state index in [9.17, 15) is 9.59 Å². The van der Waals surface area contributed by atoms with Crippen molar-refractivity contribution >= 4 is 57.5 Å². The molecule has 0 fully saturated rings. The third kappa shape index (κ3) is 3.74. The van der Waals surface area contributed by atoms with Gasteiger partial charge in [-0.15, -0.1) is 0 Å². The van der Waals surface area contributed by atoms with Crippen LogP contribution in [0.3, 0.4) is 0 Å². The van der Waals surface area contributed by atoms with Crippen LogP contribution < -0.4 is 10.6 Å². The highest BCUT2D eigenvalue weighted by Gasteiger charge is 2.38. The van der Waals surface area contributed by atoms with Crippen LogP contribution in [0.2, 0.25) is 10.0 Å². The zero-order valence-corrected chi connectivity index (χ0v) is 20.6. The number of anilines is 4. The predicted molar refractivity (Wildman–Crippen MR) is 139 cm³/mol. The van der Waals surface area contributed by atoms with Gasteiger partial charge in [0.25, 0.3) is 0 Å². The number of hydrogen-bond acceptors (Lipinski definition) is 4. The lowest BCUT2D eigenvalue weighted by Crippen LogP contribution is -2.25. The van der Waals surface area contributed by atoms with Crippen LogP contribution in [-0.2, 0) is 0 Å². The number of para-hydroxylation sites is 2. The number of hydrogen-bond donors (Lipinski definition) is 2. The van der Waals surface area contributed by atoms with Gasteiger partial charge in [-0.1, -0.05) is 71.7 Å². The van der Waals surface area contributed by atoms with Gasteiger partial charge >= 0.3 is 0 Å². The molecular weight excluding hydrogens is 505 g/mol. The highest BCUT2D eigenvalue weighted by Crippen LogP contribution is 2.44. The largest absolute Gasteiger partial charge is 0.350 e. The second-order valence-electron chi connectivity index (χ2n) is 8.45. The molecule has 0 bridgehead atoms. The SMILES string of the molecule is Cc1cccc(Cl)c1Nc1c(F)c2c(c(F)c1Nc1c(C)cccc1Cl)C(=O)c1ccccc1C2=O. The Morgan fingerprint density at radius 1 is 0.583 bits per heavy atom. The second kappa shape index (κ2) is 9.04. The quantitative estimate of drug-likeness (QED) is 0.250. The zero-order chi connectivity index (χ0) is 25.7. The molecule has 2 N–H and O–H groups in total. The lowest BCUT2D eigenvalue weighted by molar-refractivity contribution is 0.0972. The Hall–Kier alpha value is -3.74. The van der Waals surface area contributed by atoms with Crippen LogP contribution in [0.15, 0.2) is 60.7 Å². The average Bonchev–Trinajstić information content (AvgIpc) is 2.85. The Kier molecular flexibility index (Phi) is 6.02. The molecule has 5 rings (SSSR count). The summed E-state index contributed by atoms with van der Waals surface area (Å²) in [6, 6.07) is 16.1. The van der Waals surface area contributed by atoms with Crippen LogP contribution >= 0.6 is 23.2 Å². The van der Waals surface area contributed by atoms with Gasteiger partial charge in [0.2, 0.25) is 0 Å². The molecule has 4 aromatic carbocycles. The van der Waals surface area contributed by atoms with E-state index < -0.39 is 34.3 Å². The van der Waals surface area contributed by atoms with E-state index in [1.807, 2.05) is 0 Å². The summed E-state index contributed by atoms with van der Waals surface area (Å²) in [6.45, 7) is 3.49. The number of halogens is 4. The zero-order valence-electron chi connectivity index (χ0n) is 19.1. The summed E-state index contributed by atoms with van der Waals surface area (Å²) in [5, 5.41) is 6.27. The minimum Gasteiger partial charge on any atom is -0.350 e. The van der Waals surface area contributed by atoms with E-state index in [-0.39, 0.29) is 32.5 Å². The standard InChI is InChI=1S/C28H18Cl2F2N2O2/c1-13-7-5-11-17(29)23(13)33-25-21(31)19-20(28(36)16-10-4-3-9-15(16)27(19)35)22(32)26(25)34-24-14(2)8-6-12-18(24)30/h3-12,33-34H,1-2H3. The predicted octanol–water partition coefficient (Wildman–Crippen LogP) is 8.15. The molecule has 0 amide bonds. The highest BCUT2D eigenvalue weighted by molar-refractivity contribution is 6.34. The minimum absolute atomic E-state index is 0.0100. The summed E-state index contributed by atoms with van der Waals surface area (Å²) in [7, 11) is 0. The first kappa shape index (κ1) is 24.0. The molecule has 4 nitrogen and oxygen atoms in total. The number of carbonyl (C=O) groups is 2. The van der Waals surface area contributed by atoms with Gasteiger partial charge in [-0.05, 0) is 37.1 Å². The van der Waals surface area contributed by atoms with Crippen molar-refractivity contribution in [2.24, 2.45) is 0 Å². The van der Waals surface area contributed by atoms with Gasteiger partial charge < -0.3 is 10.6 Å². The average molecular weight is 523 g/mol. The molecule has 0 heterocycles. The molecule has 8 heteroatoms. The number of fused-ring (bicyclic) bond motifs is 2. The first-order valence-corrected chi connectivity index (χ1v) is 11.7. The summed E-state index contributed by atoms with van der Waals surface area (Å²) in [5.41, 5.74) is -0.0242. The Morgan fingerprint density at radius 2 is 0.972 bits per heavy atom. The Morgan fingerprint density at radius 3 is 1.33 bits per heavy atom. The van der Waals surface area contributed by atoms with Crippen molar-refractivity contribution in [1.29, 1.82) is 0 Å². The van der Waals surface area contributed by atoms with Gasteiger partial charge in [-0.2, -0.15) is 0 Å². The first-order chi connectivity index (χ1) is 17.2. The fraction of sp³-hybridized carbons (Fsp3) is 0.0714. The van der Waals surface area contributed by atoms with Crippen LogP contribution in [0.1, 0.15) is 43.0 Å². The molecule has 0 saturated heterocycles. The summed E-state index contributed by atoms with van der Waals surface area (Å²) in [6.07, 6.45) is 0. The fourth-order valence-electron chi connectivity index (χ4n) is 4.33. The van der Waals surface area contributed by atoms with Crippen molar-refractivity contribution in [1.82, 2.24) is 0 Å². The molecule has 0 radical (unpaired) electrons. The molecule has 1 aliphatic carbocycles. The van der Waals surface area contributed by atoms with Crippen LogP contribution in [0.5, 0.6) is 0 Å². The first-order valence-electron chi connectivity index (χ1n) is 11.0. The maximum atomic E-state index is 16.2. The highest BCUT2D eigenvalue weighted by atomic mass is 35.5. The molecule has 180 valence electrons. The lowest BCUT2D eigenvalue weighted by atomic mass is 9.82. The maximum absolute atomic E-state index is 16.2. The number of rotatable bonds is 4. The molecule has 0 aromatic heterocycles. The van der Waals surface area contributed by atoms with Crippen molar-refractivity contribution in [2.45, 2.75) is 13.8 Å². The molecule has 0 saturated carbocycles. The Balaban J connectivity index is 1.81. The van der Waals surface area contributed by atoms with Gasteiger partial charge in [0, 0.05) is 11.1 Å². The van der Waals surface area contributed by atoms with Crippen molar-refractivity contribution in [3.63, 3.8) is 0 Å². The van der Waals surface area contributed by atoms with Crippen molar-refractivity contribution in [2.75, 3.05) is 10.6 Å². The maximum Gasteiger partial charge on any atom is 0.197 e. The Labute approximate surface area is 215 Å². The van der Waals surface area contributed by atoms with E-state index >= 15 is 8.78 Å². The number of benzene rings is 4. The van der Waals surface area contributed by atoms with E-state index in [0.29, 0.717) is 22.5 Å². The molecular formula is C28H18Cl2F2N2O2. The molecule has 1 aliphatic rings. The molecule has 0 atom stereocenters. The van der Waals surface area contributed by atoms with Crippen molar-refractivity contribution in [3.8, 4) is 0 Å². The molecule has 0 aliphatic heterocycles.